The number of halogens is 1. The molecular weight excluding hydrogens is 386 g/mol. The number of ketones is 1. The van der Waals surface area contributed by atoms with Crippen LogP contribution in [0.5, 0.6) is 0 Å². The van der Waals surface area contributed by atoms with E-state index in [0.29, 0.717) is 17.7 Å². The molecule has 1 aliphatic carbocycles. The average Bonchev–Trinajstić information content (AvgIpc) is 2.95. The summed E-state index contributed by atoms with van der Waals surface area (Å²) < 4.78 is 1.03. The Morgan fingerprint density at radius 3 is 2.58 bits per heavy atom. The van der Waals surface area contributed by atoms with Gasteiger partial charge < -0.3 is 5.73 Å². The van der Waals surface area contributed by atoms with E-state index >= 15 is 0 Å². The third-order valence-electron chi connectivity index (χ3n) is 5.25. The highest BCUT2D eigenvalue weighted by Gasteiger charge is 2.35. The highest BCUT2D eigenvalue weighted by atomic mass is 79.9. The van der Waals surface area contributed by atoms with Crippen LogP contribution in [0.3, 0.4) is 0 Å². The van der Waals surface area contributed by atoms with E-state index in [4.69, 9.17) is 5.73 Å². The first kappa shape index (κ1) is 17.0. The molecule has 1 unspecified atom stereocenters. The zero-order valence-electron chi connectivity index (χ0n) is 14.6. The Morgan fingerprint density at radius 2 is 1.77 bits per heavy atom. The second-order valence-corrected chi connectivity index (χ2v) is 7.56. The van der Waals surface area contributed by atoms with Crippen molar-refractivity contribution in [2.45, 2.75) is 25.7 Å². The van der Waals surface area contributed by atoms with Gasteiger partial charge in [0, 0.05) is 22.2 Å². The summed E-state index contributed by atoms with van der Waals surface area (Å²) in [5.41, 5.74) is 11.0. The van der Waals surface area contributed by atoms with Gasteiger partial charge >= 0.3 is 0 Å². The Morgan fingerprint density at radius 1 is 1.04 bits per heavy atom. The van der Waals surface area contributed by atoms with Crippen molar-refractivity contribution < 1.29 is 4.79 Å². The van der Waals surface area contributed by atoms with Crippen LogP contribution in [-0.4, -0.2) is 5.78 Å². The lowest BCUT2D eigenvalue weighted by Gasteiger charge is -2.14. The smallest absolute Gasteiger partial charge is 0.173 e. The van der Waals surface area contributed by atoms with Crippen LogP contribution in [-0.2, 0) is 11.2 Å². The van der Waals surface area contributed by atoms with Gasteiger partial charge in [0.15, 0.2) is 5.78 Å². The topological polar surface area (TPSA) is 43.1 Å². The summed E-state index contributed by atoms with van der Waals surface area (Å²) in [7, 11) is 0. The van der Waals surface area contributed by atoms with E-state index in [1.807, 2.05) is 36.4 Å². The van der Waals surface area contributed by atoms with E-state index in [9.17, 15) is 4.79 Å². The standard InChI is InChI=1S/C23H20BrNO/c1-2-15-18(11-6-12-20(15)24)22-21(25)13-19(23(22)26)17-10-5-8-14-7-3-4-9-16(14)17/h3-12,19H,2,13,25H2,1H3. The number of rotatable bonds is 3. The van der Waals surface area contributed by atoms with Gasteiger partial charge in [0.2, 0.25) is 0 Å². The SMILES string of the molecule is CCc1c(Br)cccc1C1=C(N)CC(c2cccc3ccccc23)C1=O. The lowest BCUT2D eigenvalue weighted by molar-refractivity contribution is -0.114. The van der Waals surface area contributed by atoms with Crippen molar-refractivity contribution in [2.75, 3.05) is 0 Å². The molecule has 2 nitrogen and oxygen atoms in total. The predicted octanol–water partition coefficient (Wildman–Crippen LogP) is 5.59. The lowest BCUT2D eigenvalue weighted by atomic mass is 9.88. The first-order valence-corrected chi connectivity index (χ1v) is 9.69. The summed E-state index contributed by atoms with van der Waals surface area (Å²) in [5, 5.41) is 2.29. The summed E-state index contributed by atoms with van der Waals surface area (Å²) in [4.78, 5) is 13.4. The van der Waals surface area contributed by atoms with Crippen molar-refractivity contribution in [1.82, 2.24) is 0 Å². The highest BCUT2D eigenvalue weighted by Crippen LogP contribution is 2.42. The molecule has 3 heteroatoms. The number of carbonyl (C=O) groups is 1. The molecule has 0 fully saturated rings. The van der Waals surface area contributed by atoms with E-state index in [2.05, 4.69) is 47.1 Å². The Labute approximate surface area is 161 Å². The monoisotopic (exact) mass is 405 g/mol. The van der Waals surface area contributed by atoms with E-state index < -0.39 is 0 Å². The van der Waals surface area contributed by atoms with Crippen molar-refractivity contribution in [1.29, 1.82) is 0 Å². The minimum atomic E-state index is -0.209. The number of Topliss-reactive ketones (excluding diaryl/α,β-unsaturated/α-hetero) is 1. The molecule has 0 aliphatic heterocycles. The van der Waals surface area contributed by atoms with Gasteiger partial charge in [-0.3, -0.25) is 4.79 Å². The third-order valence-corrected chi connectivity index (χ3v) is 5.99. The van der Waals surface area contributed by atoms with Crippen LogP contribution < -0.4 is 5.73 Å². The van der Waals surface area contributed by atoms with Gasteiger partial charge in [0.25, 0.3) is 0 Å². The van der Waals surface area contributed by atoms with E-state index in [1.165, 1.54) is 0 Å². The maximum Gasteiger partial charge on any atom is 0.173 e. The molecule has 0 amide bonds. The van der Waals surface area contributed by atoms with Crippen LogP contribution in [0.15, 0.2) is 70.8 Å². The Balaban J connectivity index is 1.81. The fourth-order valence-electron chi connectivity index (χ4n) is 4.01. The second-order valence-electron chi connectivity index (χ2n) is 6.71. The molecule has 26 heavy (non-hydrogen) atoms. The van der Waals surface area contributed by atoms with Crippen molar-refractivity contribution in [3.63, 3.8) is 0 Å². The largest absolute Gasteiger partial charge is 0.401 e. The molecular formula is C23H20BrNO. The van der Waals surface area contributed by atoms with Gasteiger partial charge in [-0.1, -0.05) is 77.5 Å². The average molecular weight is 406 g/mol. The van der Waals surface area contributed by atoms with Crippen LogP contribution in [0.4, 0.5) is 0 Å². The molecule has 0 aromatic heterocycles. The summed E-state index contributed by atoms with van der Waals surface area (Å²) in [6.07, 6.45) is 1.43. The van der Waals surface area contributed by atoms with Gasteiger partial charge in [-0.2, -0.15) is 0 Å². The van der Waals surface area contributed by atoms with Gasteiger partial charge in [-0.05, 0) is 39.9 Å². The first-order chi connectivity index (χ1) is 12.6. The number of fused-ring (bicyclic) bond motifs is 1. The van der Waals surface area contributed by atoms with Crippen LogP contribution in [0.1, 0.15) is 36.0 Å². The van der Waals surface area contributed by atoms with Crippen molar-refractivity contribution in [3.8, 4) is 0 Å². The molecule has 0 spiro atoms. The number of nitrogens with two attached hydrogens (primary N) is 1. The number of hydrogen-bond acceptors (Lipinski definition) is 2. The molecule has 0 saturated heterocycles. The normalized spacial score (nSPS) is 17.3. The zero-order valence-corrected chi connectivity index (χ0v) is 16.2. The molecule has 3 aromatic rings. The summed E-state index contributed by atoms with van der Waals surface area (Å²) in [6.45, 7) is 2.10. The molecule has 1 atom stereocenters. The van der Waals surface area contributed by atoms with E-state index in [1.54, 1.807) is 0 Å². The molecule has 0 radical (unpaired) electrons. The van der Waals surface area contributed by atoms with Gasteiger partial charge in [-0.15, -0.1) is 0 Å². The zero-order chi connectivity index (χ0) is 18.3. The summed E-state index contributed by atoms with van der Waals surface area (Å²) in [6, 6.07) is 20.4. The molecule has 4 rings (SSSR count). The van der Waals surface area contributed by atoms with Gasteiger partial charge in [0.1, 0.15) is 0 Å². The Hall–Kier alpha value is -2.39. The van der Waals surface area contributed by atoms with E-state index in [-0.39, 0.29) is 11.7 Å². The molecule has 1 aliphatic rings. The van der Waals surface area contributed by atoms with Crippen LogP contribution in [0.25, 0.3) is 16.3 Å². The molecule has 2 N–H and O–H groups in total. The maximum atomic E-state index is 13.4. The highest BCUT2D eigenvalue weighted by molar-refractivity contribution is 9.10. The summed E-state index contributed by atoms with van der Waals surface area (Å²) in [5.74, 6) is -0.0774. The molecule has 0 saturated carbocycles. The van der Waals surface area contributed by atoms with Crippen molar-refractivity contribution in [2.24, 2.45) is 5.73 Å². The van der Waals surface area contributed by atoms with Crippen LogP contribution >= 0.6 is 15.9 Å². The summed E-state index contributed by atoms with van der Waals surface area (Å²) >= 11 is 3.61. The predicted molar refractivity (Wildman–Crippen MR) is 111 cm³/mol. The van der Waals surface area contributed by atoms with Gasteiger partial charge in [-0.25, -0.2) is 0 Å². The number of benzene rings is 3. The van der Waals surface area contributed by atoms with Crippen molar-refractivity contribution in [3.05, 3.63) is 87.5 Å². The maximum absolute atomic E-state index is 13.4. The fraction of sp³-hybridized carbons (Fsp3) is 0.174. The molecule has 3 aromatic carbocycles. The van der Waals surface area contributed by atoms with Crippen LogP contribution in [0.2, 0.25) is 0 Å². The third kappa shape index (κ3) is 2.67. The number of carbonyl (C=O) groups excluding carboxylic acids is 1. The minimum absolute atomic E-state index is 0.131. The molecule has 130 valence electrons. The number of hydrogen-bond donors (Lipinski definition) is 1. The Bertz CT molecular complexity index is 1050. The van der Waals surface area contributed by atoms with E-state index in [0.717, 1.165) is 38.4 Å². The fourth-order valence-corrected chi connectivity index (χ4v) is 4.66. The van der Waals surface area contributed by atoms with Gasteiger partial charge in [0.05, 0.1) is 5.92 Å². The quantitative estimate of drug-likeness (QED) is 0.616. The number of allylic oxidation sites excluding steroid dienone is 2. The molecule has 0 heterocycles. The molecule has 0 bridgehead atoms. The van der Waals surface area contributed by atoms with Crippen molar-refractivity contribution >= 4 is 38.1 Å². The lowest BCUT2D eigenvalue weighted by Crippen LogP contribution is -2.10. The Kier molecular flexibility index (Phi) is 4.41. The van der Waals surface area contributed by atoms with Crippen LogP contribution in [0, 0.1) is 0 Å². The first-order valence-electron chi connectivity index (χ1n) is 8.90. The minimum Gasteiger partial charge on any atom is -0.401 e. The second kappa shape index (κ2) is 6.73.